The monoisotopic (exact) mass is 341 g/mol. The lowest BCUT2D eigenvalue weighted by Crippen LogP contribution is -2.40. The minimum absolute atomic E-state index is 0.104. The number of rotatable bonds is 4. The van der Waals surface area contributed by atoms with Crippen LogP contribution in [0.1, 0.15) is 59.9 Å². The summed E-state index contributed by atoms with van der Waals surface area (Å²) in [5, 5.41) is 4.31. The van der Waals surface area contributed by atoms with Crippen LogP contribution in [-0.4, -0.2) is 43.2 Å². The third-order valence-corrected chi connectivity index (χ3v) is 5.74. The molecule has 1 aliphatic carbocycles. The van der Waals surface area contributed by atoms with E-state index < -0.39 is 0 Å². The molecule has 4 rings (SSSR count). The van der Waals surface area contributed by atoms with Gasteiger partial charge in [-0.2, -0.15) is 5.10 Å². The number of nitrogens with zero attached hydrogens (tertiary/aromatic N) is 5. The SMILES string of the molecule is Cc1nn(C)cc1C(=O)N1CCC[C@H](c2nccn2CC2CCC2)C1. The number of carbonyl (C=O) groups excluding carboxylic acids is 1. The Morgan fingerprint density at radius 3 is 2.80 bits per heavy atom. The van der Waals surface area contributed by atoms with Gasteiger partial charge in [0.1, 0.15) is 5.82 Å². The molecule has 134 valence electrons. The van der Waals surface area contributed by atoms with Crippen molar-refractivity contribution in [2.24, 2.45) is 13.0 Å². The molecular formula is C19H27N5O. The molecule has 0 aromatic carbocycles. The normalized spacial score (nSPS) is 21.4. The van der Waals surface area contributed by atoms with Gasteiger partial charge >= 0.3 is 0 Å². The van der Waals surface area contributed by atoms with Crippen LogP contribution in [0.5, 0.6) is 0 Å². The van der Waals surface area contributed by atoms with Crippen LogP contribution in [0, 0.1) is 12.8 Å². The summed E-state index contributed by atoms with van der Waals surface area (Å²) in [4.78, 5) is 19.5. The summed E-state index contributed by atoms with van der Waals surface area (Å²) >= 11 is 0. The highest BCUT2D eigenvalue weighted by Crippen LogP contribution is 2.31. The van der Waals surface area contributed by atoms with E-state index in [0.29, 0.717) is 5.92 Å². The number of imidazole rings is 1. The van der Waals surface area contributed by atoms with Crippen LogP contribution in [-0.2, 0) is 13.6 Å². The van der Waals surface area contributed by atoms with Gasteiger partial charge in [0, 0.05) is 51.2 Å². The van der Waals surface area contributed by atoms with Crippen molar-refractivity contribution >= 4 is 5.91 Å². The summed E-state index contributed by atoms with van der Waals surface area (Å²) in [5.41, 5.74) is 1.53. The van der Waals surface area contributed by atoms with Crippen LogP contribution in [0.2, 0.25) is 0 Å². The Morgan fingerprint density at radius 2 is 2.12 bits per heavy atom. The van der Waals surface area contributed by atoms with Crippen LogP contribution >= 0.6 is 0 Å². The molecule has 3 heterocycles. The van der Waals surface area contributed by atoms with Crippen molar-refractivity contribution in [3.63, 3.8) is 0 Å². The highest BCUT2D eigenvalue weighted by atomic mass is 16.2. The summed E-state index contributed by atoms with van der Waals surface area (Å²) in [6.07, 6.45) is 12.0. The molecule has 0 unspecified atom stereocenters. The fraction of sp³-hybridized carbons (Fsp3) is 0.632. The number of likely N-dealkylation sites (tertiary alicyclic amines) is 1. The summed E-state index contributed by atoms with van der Waals surface area (Å²) < 4.78 is 4.05. The highest BCUT2D eigenvalue weighted by molar-refractivity contribution is 5.95. The Morgan fingerprint density at radius 1 is 1.28 bits per heavy atom. The summed E-state index contributed by atoms with van der Waals surface area (Å²) in [6.45, 7) is 4.57. The smallest absolute Gasteiger partial charge is 0.257 e. The van der Waals surface area contributed by atoms with Crippen LogP contribution in [0.4, 0.5) is 0 Å². The largest absolute Gasteiger partial charge is 0.338 e. The molecule has 0 bridgehead atoms. The first-order valence-corrected chi connectivity index (χ1v) is 9.42. The fourth-order valence-corrected chi connectivity index (χ4v) is 4.14. The third-order valence-electron chi connectivity index (χ3n) is 5.74. The Balaban J connectivity index is 1.48. The van der Waals surface area contributed by atoms with Gasteiger partial charge in [0.05, 0.1) is 11.3 Å². The zero-order valence-electron chi connectivity index (χ0n) is 15.2. The molecule has 1 saturated carbocycles. The molecular weight excluding hydrogens is 314 g/mol. The van der Waals surface area contributed by atoms with Crippen molar-refractivity contribution < 1.29 is 4.79 Å². The maximum absolute atomic E-state index is 12.9. The zero-order chi connectivity index (χ0) is 17.4. The van der Waals surface area contributed by atoms with Gasteiger partial charge in [-0.15, -0.1) is 0 Å². The number of hydrogen-bond acceptors (Lipinski definition) is 3. The number of amides is 1. The maximum atomic E-state index is 12.9. The van der Waals surface area contributed by atoms with Gasteiger partial charge in [-0.25, -0.2) is 4.98 Å². The second-order valence-electron chi connectivity index (χ2n) is 7.63. The molecule has 1 atom stereocenters. The number of hydrogen-bond donors (Lipinski definition) is 0. The minimum atomic E-state index is 0.104. The van der Waals surface area contributed by atoms with Crippen molar-refractivity contribution in [3.8, 4) is 0 Å². The van der Waals surface area contributed by atoms with Gasteiger partial charge in [0.25, 0.3) is 5.91 Å². The lowest BCUT2D eigenvalue weighted by atomic mass is 9.85. The lowest BCUT2D eigenvalue weighted by Gasteiger charge is -2.33. The van der Waals surface area contributed by atoms with Gasteiger partial charge in [-0.05, 0) is 38.5 Å². The topological polar surface area (TPSA) is 56.0 Å². The quantitative estimate of drug-likeness (QED) is 0.859. The summed E-state index contributed by atoms with van der Waals surface area (Å²) in [7, 11) is 1.86. The van der Waals surface area contributed by atoms with E-state index in [0.717, 1.165) is 55.5 Å². The van der Waals surface area contributed by atoms with E-state index in [1.165, 1.54) is 19.3 Å². The fourth-order valence-electron chi connectivity index (χ4n) is 4.14. The van der Waals surface area contributed by atoms with Gasteiger partial charge in [0.15, 0.2) is 0 Å². The molecule has 0 N–H and O–H groups in total. The third kappa shape index (κ3) is 3.22. The highest BCUT2D eigenvalue weighted by Gasteiger charge is 2.30. The second-order valence-corrected chi connectivity index (χ2v) is 7.63. The van der Waals surface area contributed by atoms with Crippen molar-refractivity contribution in [1.29, 1.82) is 0 Å². The molecule has 6 nitrogen and oxygen atoms in total. The number of carbonyl (C=O) groups is 1. The van der Waals surface area contributed by atoms with Crippen molar-refractivity contribution in [2.75, 3.05) is 13.1 Å². The van der Waals surface area contributed by atoms with Crippen molar-refractivity contribution in [3.05, 3.63) is 35.7 Å². The Hall–Kier alpha value is -2.11. The predicted octanol–water partition coefficient (Wildman–Crippen LogP) is 2.74. The Labute approximate surface area is 148 Å². The average Bonchev–Trinajstić information content (AvgIpc) is 3.16. The molecule has 6 heteroatoms. The molecule has 0 spiro atoms. The molecule has 1 saturated heterocycles. The molecule has 0 radical (unpaired) electrons. The van der Waals surface area contributed by atoms with E-state index in [9.17, 15) is 4.79 Å². The number of piperidine rings is 1. The molecule has 1 amide bonds. The Bertz CT molecular complexity index is 758. The van der Waals surface area contributed by atoms with Gasteiger partial charge in [-0.3, -0.25) is 9.48 Å². The van der Waals surface area contributed by atoms with Gasteiger partial charge in [-0.1, -0.05) is 6.42 Å². The van der Waals surface area contributed by atoms with Gasteiger partial charge in [0.2, 0.25) is 0 Å². The van der Waals surface area contributed by atoms with E-state index in [2.05, 4.69) is 20.8 Å². The molecule has 2 fully saturated rings. The molecule has 2 aromatic heterocycles. The first kappa shape index (κ1) is 16.4. The predicted molar refractivity (Wildman–Crippen MR) is 95.4 cm³/mol. The molecule has 25 heavy (non-hydrogen) atoms. The van der Waals surface area contributed by atoms with Crippen LogP contribution in [0.25, 0.3) is 0 Å². The van der Waals surface area contributed by atoms with E-state index >= 15 is 0 Å². The van der Waals surface area contributed by atoms with E-state index in [1.807, 2.05) is 31.3 Å². The van der Waals surface area contributed by atoms with E-state index in [-0.39, 0.29) is 5.91 Å². The second kappa shape index (κ2) is 6.65. The summed E-state index contributed by atoms with van der Waals surface area (Å²) in [5.74, 6) is 2.41. The van der Waals surface area contributed by atoms with Crippen LogP contribution in [0.3, 0.4) is 0 Å². The van der Waals surface area contributed by atoms with Crippen LogP contribution < -0.4 is 0 Å². The lowest BCUT2D eigenvalue weighted by molar-refractivity contribution is 0.0701. The number of aromatic nitrogens is 4. The van der Waals surface area contributed by atoms with E-state index in [4.69, 9.17) is 0 Å². The molecule has 2 aromatic rings. The average molecular weight is 341 g/mol. The van der Waals surface area contributed by atoms with Crippen molar-refractivity contribution in [2.45, 2.75) is 51.5 Å². The van der Waals surface area contributed by atoms with Gasteiger partial charge < -0.3 is 9.47 Å². The zero-order valence-corrected chi connectivity index (χ0v) is 15.2. The van der Waals surface area contributed by atoms with Crippen molar-refractivity contribution in [1.82, 2.24) is 24.2 Å². The summed E-state index contributed by atoms with van der Waals surface area (Å²) in [6, 6.07) is 0. The first-order chi connectivity index (χ1) is 12.1. The standard InChI is InChI=1S/C19H27N5O/c1-14-17(13-22(2)21-14)19(25)24-9-4-7-16(12-24)18-20-8-10-23(18)11-15-5-3-6-15/h8,10,13,15-16H,3-7,9,11-12H2,1-2H3/t16-/m0/s1. The Kier molecular flexibility index (Phi) is 4.36. The molecule has 1 aliphatic heterocycles. The number of aryl methyl sites for hydroxylation is 2. The van der Waals surface area contributed by atoms with Crippen LogP contribution in [0.15, 0.2) is 18.6 Å². The first-order valence-electron chi connectivity index (χ1n) is 9.42. The maximum Gasteiger partial charge on any atom is 0.257 e. The van der Waals surface area contributed by atoms with E-state index in [1.54, 1.807) is 4.68 Å². The minimum Gasteiger partial charge on any atom is -0.338 e. The molecule has 2 aliphatic rings.